The summed E-state index contributed by atoms with van der Waals surface area (Å²) in [5.74, 6) is 0. The molecule has 0 N–H and O–H groups in total. The SMILES string of the molecule is Cc1ccn2c(C=O)c(C)cc2c1. The molecule has 0 radical (unpaired) electrons. The number of aryl methyl sites for hydroxylation is 2. The van der Waals surface area contributed by atoms with E-state index in [1.807, 2.05) is 36.6 Å². The summed E-state index contributed by atoms with van der Waals surface area (Å²) < 4.78 is 1.91. The van der Waals surface area contributed by atoms with Crippen LogP contribution in [0.1, 0.15) is 21.6 Å². The first-order valence-electron chi connectivity index (χ1n) is 4.26. The maximum absolute atomic E-state index is 10.8. The minimum atomic E-state index is 0.745. The summed E-state index contributed by atoms with van der Waals surface area (Å²) >= 11 is 0. The third-order valence-corrected chi connectivity index (χ3v) is 2.28. The molecular weight excluding hydrogens is 162 g/mol. The molecule has 0 spiro atoms. The number of hydrogen-bond acceptors (Lipinski definition) is 1. The Morgan fingerprint density at radius 2 is 2.08 bits per heavy atom. The van der Waals surface area contributed by atoms with Gasteiger partial charge in [-0.25, -0.2) is 0 Å². The summed E-state index contributed by atoms with van der Waals surface area (Å²) in [6.07, 6.45) is 2.83. The van der Waals surface area contributed by atoms with E-state index in [9.17, 15) is 4.79 Å². The molecule has 66 valence electrons. The predicted octanol–water partition coefficient (Wildman–Crippen LogP) is 2.37. The molecule has 2 heteroatoms. The molecule has 0 saturated heterocycles. The Hall–Kier alpha value is -1.57. The van der Waals surface area contributed by atoms with E-state index in [-0.39, 0.29) is 0 Å². The van der Waals surface area contributed by atoms with Crippen molar-refractivity contribution in [1.82, 2.24) is 4.40 Å². The molecule has 2 nitrogen and oxygen atoms in total. The first-order chi connectivity index (χ1) is 6.22. The summed E-state index contributed by atoms with van der Waals surface area (Å²) in [4.78, 5) is 10.8. The highest BCUT2D eigenvalue weighted by molar-refractivity contribution is 5.78. The number of carbonyl (C=O) groups excluding carboxylic acids is 1. The quantitative estimate of drug-likeness (QED) is 0.606. The molecule has 0 unspecified atom stereocenters. The standard InChI is InChI=1S/C11H11NO/c1-8-3-4-12-10(5-8)6-9(2)11(12)7-13/h3-7H,1-2H3. The van der Waals surface area contributed by atoms with E-state index < -0.39 is 0 Å². The minimum Gasteiger partial charge on any atom is -0.314 e. The van der Waals surface area contributed by atoms with Crippen LogP contribution in [0.5, 0.6) is 0 Å². The van der Waals surface area contributed by atoms with E-state index in [0.29, 0.717) is 0 Å². The van der Waals surface area contributed by atoms with Crippen LogP contribution < -0.4 is 0 Å². The monoisotopic (exact) mass is 173 g/mol. The molecule has 0 fully saturated rings. The fraction of sp³-hybridized carbons (Fsp3) is 0.182. The Bertz CT molecular complexity index is 468. The Balaban J connectivity index is 2.86. The summed E-state index contributed by atoms with van der Waals surface area (Å²) in [5, 5.41) is 0. The Morgan fingerprint density at radius 3 is 2.77 bits per heavy atom. The molecule has 2 heterocycles. The first-order valence-corrected chi connectivity index (χ1v) is 4.26. The lowest BCUT2D eigenvalue weighted by molar-refractivity contribution is 0.111. The molecule has 0 bridgehead atoms. The zero-order valence-corrected chi connectivity index (χ0v) is 7.74. The highest BCUT2D eigenvalue weighted by atomic mass is 16.1. The smallest absolute Gasteiger partial charge is 0.167 e. The summed E-state index contributed by atoms with van der Waals surface area (Å²) in [6.45, 7) is 4.00. The van der Waals surface area contributed by atoms with Crippen LogP contribution in [0.2, 0.25) is 0 Å². The lowest BCUT2D eigenvalue weighted by atomic mass is 10.2. The van der Waals surface area contributed by atoms with E-state index in [0.717, 1.165) is 23.1 Å². The molecule has 0 aliphatic heterocycles. The molecule has 2 aromatic rings. The van der Waals surface area contributed by atoms with Crippen LogP contribution in [-0.4, -0.2) is 10.7 Å². The van der Waals surface area contributed by atoms with E-state index in [2.05, 4.69) is 6.07 Å². The van der Waals surface area contributed by atoms with Gasteiger partial charge in [0.25, 0.3) is 0 Å². The second-order valence-electron chi connectivity index (χ2n) is 3.33. The van der Waals surface area contributed by atoms with Gasteiger partial charge in [0.15, 0.2) is 6.29 Å². The molecule has 0 aliphatic rings. The Kier molecular flexibility index (Phi) is 1.69. The van der Waals surface area contributed by atoms with Crippen molar-refractivity contribution in [2.24, 2.45) is 0 Å². The highest BCUT2D eigenvalue weighted by Gasteiger charge is 2.04. The molecular formula is C11H11NO. The van der Waals surface area contributed by atoms with Gasteiger partial charge in [0.1, 0.15) is 0 Å². The van der Waals surface area contributed by atoms with Crippen molar-refractivity contribution in [1.29, 1.82) is 0 Å². The predicted molar refractivity (Wildman–Crippen MR) is 52.3 cm³/mol. The Morgan fingerprint density at radius 1 is 1.31 bits per heavy atom. The van der Waals surface area contributed by atoms with Crippen LogP contribution in [0.15, 0.2) is 24.4 Å². The maximum atomic E-state index is 10.8. The van der Waals surface area contributed by atoms with E-state index >= 15 is 0 Å². The third kappa shape index (κ3) is 1.15. The van der Waals surface area contributed by atoms with Crippen molar-refractivity contribution in [3.63, 3.8) is 0 Å². The van der Waals surface area contributed by atoms with Crippen molar-refractivity contribution in [3.05, 3.63) is 41.2 Å². The number of pyridine rings is 1. The summed E-state index contributed by atoms with van der Waals surface area (Å²) in [6, 6.07) is 6.09. The summed E-state index contributed by atoms with van der Waals surface area (Å²) in [5.41, 5.74) is 4.07. The highest BCUT2D eigenvalue weighted by Crippen LogP contribution is 2.15. The molecule has 2 aromatic heterocycles. The number of aromatic nitrogens is 1. The lowest BCUT2D eigenvalue weighted by Crippen LogP contribution is -1.91. The van der Waals surface area contributed by atoms with Gasteiger partial charge in [0.2, 0.25) is 0 Å². The van der Waals surface area contributed by atoms with Crippen molar-refractivity contribution < 1.29 is 4.79 Å². The van der Waals surface area contributed by atoms with Crippen molar-refractivity contribution >= 4 is 11.8 Å². The van der Waals surface area contributed by atoms with Crippen molar-refractivity contribution in [3.8, 4) is 0 Å². The van der Waals surface area contributed by atoms with Gasteiger partial charge in [-0.05, 0) is 43.2 Å². The van der Waals surface area contributed by atoms with Crippen LogP contribution in [0, 0.1) is 13.8 Å². The molecule has 0 aliphatic carbocycles. The fourth-order valence-corrected chi connectivity index (χ4v) is 1.60. The van der Waals surface area contributed by atoms with Gasteiger partial charge in [0, 0.05) is 11.7 Å². The molecule has 13 heavy (non-hydrogen) atoms. The van der Waals surface area contributed by atoms with Gasteiger partial charge in [-0.15, -0.1) is 0 Å². The van der Waals surface area contributed by atoms with Gasteiger partial charge in [-0.2, -0.15) is 0 Å². The van der Waals surface area contributed by atoms with Crippen molar-refractivity contribution in [2.45, 2.75) is 13.8 Å². The van der Waals surface area contributed by atoms with E-state index in [1.54, 1.807) is 0 Å². The zero-order chi connectivity index (χ0) is 9.42. The van der Waals surface area contributed by atoms with E-state index in [4.69, 9.17) is 0 Å². The van der Waals surface area contributed by atoms with Gasteiger partial charge >= 0.3 is 0 Å². The number of rotatable bonds is 1. The number of nitrogens with zero attached hydrogens (tertiary/aromatic N) is 1. The van der Waals surface area contributed by atoms with Gasteiger partial charge in [0.05, 0.1) is 5.69 Å². The Labute approximate surface area is 76.8 Å². The number of aldehydes is 1. The van der Waals surface area contributed by atoms with Gasteiger partial charge < -0.3 is 4.40 Å². The largest absolute Gasteiger partial charge is 0.314 e. The zero-order valence-electron chi connectivity index (χ0n) is 7.74. The number of fused-ring (bicyclic) bond motifs is 1. The average molecular weight is 173 g/mol. The lowest BCUT2D eigenvalue weighted by Gasteiger charge is -1.97. The first kappa shape index (κ1) is 8.05. The number of hydrogen-bond donors (Lipinski definition) is 0. The van der Waals surface area contributed by atoms with Crippen LogP contribution >= 0.6 is 0 Å². The third-order valence-electron chi connectivity index (χ3n) is 2.28. The average Bonchev–Trinajstić information content (AvgIpc) is 2.39. The fourth-order valence-electron chi connectivity index (χ4n) is 1.60. The molecule has 0 amide bonds. The van der Waals surface area contributed by atoms with Crippen LogP contribution in [0.25, 0.3) is 5.52 Å². The summed E-state index contributed by atoms with van der Waals surface area (Å²) in [7, 11) is 0. The van der Waals surface area contributed by atoms with Crippen LogP contribution in [0.3, 0.4) is 0 Å². The van der Waals surface area contributed by atoms with Gasteiger partial charge in [-0.3, -0.25) is 4.79 Å². The van der Waals surface area contributed by atoms with Crippen LogP contribution in [-0.2, 0) is 0 Å². The van der Waals surface area contributed by atoms with Crippen molar-refractivity contribution in [2.75, 3.05) is 0 Å². The molecule has 0 saturated carbocycles. The maximum Gasteiger partial charge on any atom is 0.167 e. The topological polar surface area (TPSA) is 21.5 Å². The second kappa shape index (κ2) is 2.73. The van der Waals surface area contributed by atoms with Crippen LogP contribution in [0.4, 0.5) is 0 Å². The molecule has 2 rings (SSSR count). The minimum absolute atomic E-state index is 0.745. The van der Waals surface area contributed by atoms with Gasteiger partial charge in [-0.1, -0.05) is 0 Å². The second-order valence-corrected chi connectivity index (χ2v) is 3.33. The molecule has 0 atom stereocenters. The molecule has 0 aromatic carbocycles. The number of carbonyl (C=O) groups is 1. The van der Waals surface area contributed by atoms with E-state index in [1.165, 1.54) is 5.56 Å². The normalized spacial score (nSPS) is 10.6.